The SMILES string of the molecule is C=C(S/C=C(\C)CN1CCCC1)c1cc(Cc2cccc3ccccc23)ccn1. The molecule has 3 aromatic rings. The molecule has 0 amide bonds. The Balaban J connectivity index is 1.44. The molecular formula is C26H28N2S. The predicted octanol–water partition coefficient (Wildman–Crippen LogP) is 6.53. The van der Waals surface area contributed by atoms with E-state index in [1.165, 1.54) is 53.4 Å². The van der Waals surface area contributed by atoms with Gasteiger partial charge in [0.15, 0.2) is 0 Å². The maximum Gasteiger partial charge on any atom is 0.0765 e. The molecular weight excluding hydrogens is 372 g/mol. The minimum Gasteiger partial charge on any atom is -0.299 e. The number of thioether (sulfide) groups is 1. The van der Waals surface area contributed by atoms with Gasteiger partial charge in [-0.05, 0) is 78.7 Å². The van der Waals surface area contributed by atoms with E-state index in [2.05, 4.69) is 83.4 Å². The van der Waals surface area contributed by atoms with Gasteiger partial charge in [0, 0.05) is 17.6 Å². The van der Waals surface area contributed by atoms with Gasteiger partial charge < -0.3 is 0 Å². The van der Waals surface area contributed by atoms with Crippen LogP contribution in [0.5, 0.6) is 0 Å². The summed E-state index contributed by atoms with van der Waals surface area (Å²) in [6.07, 6.45) is 5.47. The van der Waals surface area contributed by atoms with Crippen molar-refractivity contribution in [2.75, 3.05) is 19.6 Å². The summed E-state index contributed by atoms with van der Waals surface area (Å²) in [5.74, 6) is 0. The van der Waals surface area contributed by atoms with Gasteiger partial charge in [-0.1, -0.05) is 66.4 Å². The molecule has 29 heavy (non-hydrogen) atoms. The van der Waals surface area contributed by atoms with E-state index in [9.17, 15) is 0 Å². The molecule has 1 saturated heterocycles. The molecule has 0 saturated carbocycles. The number of pyridine rings is 1. The van der Waals surface area contributed by atoms with Crippen molar-refractivity contribution in [1.29, 1.82) is 0 Å². The van der Waals surface area contributed by atoms with Gasteiger partial charge in [0.25, 0.3) is 0 Å². The minimum absolute atomic E-state index is 0.901. The molecule has 0 radical (unpaired) electrons. The maximum atomic E-state index is 4.56. The highest BCUT2D eigenvalue weighted by Crippen LogP contribution is 2.28. The van der Waals surface area contributed by atoms with Gasteiger partial charge in [0.05, 0.1) is 5.69 Å². The highest BCUT2D eigenvalue weighted by Gasteiger charge is 2.11. The second-order valence-corrected chi connectivity index (χ2v) is 8.82. The van der Waals surface area contributed by atoms with E-state index in [1.54, 1.807) is 11.8 Å². The normalized spacial score (nSPS) is 15.1. The number of nitrogens with zero attached hydrogens (tertiary/aromatic N) is 2. The predicted molar refractivity (Wildman–Crippen MR) is 127 cm³/mol. The lowest BCUT2D eigenvalue weighted by molar-refractivity contribution is 0.369. The molecule has 2 nitrogen and oxygen atoms in total. The number of likely N-dealkylation sites (tertiary alicyclic amines) is 1. The average Bonchev–Trinajstić information content (AvgIpc) is 3.25. The van der Waals surface area contributed by atoms with E-state index in [4.69, 9.17) is 0 Å². The number of hydrogen-bond donors (Lipinski definition) is 0. The zero-order valence-corrected chi connectivity index (χ0v) is 17.9. The average molecular weight is 401 g/mol. The molecule has 3 heteroatoms. The summed E-state index contributed by atoms with van der Waals surface area (Å²) in [5.41, 5.74) is 4.98. The van der Waals surface area contributed by atoms with Crippen molar-refractivity contribution >= 4 is 27.4 Å². The number of hydrogen-bond acceptors (Lipinski definition) is 3. The Kier molecular flexibility index (Phi) is 6.48. The van der Waals surface area contributed by atoms with Crippen molar-refractivity contribution in [3.63, 3.8) is 0 Å². The fourth-order valence-corrected chi connectivity index (χ4v) is 4.62. The van der Waals surface area contributed by atoms with Crippen LogP contribution in [0.4, 0.5) is 0 Å². The van der Waals surface area contributed by atoms with Crippen molar-refractivity contribution in [2.24, 2.45) is 0 Å². The van der Waals surface area contributed by atoms with Crippen LogP contribution in [-0.2, 0) is 6.42 Å². The summed E-state index contributed by atoms with van der Waals surface area (Å²) in [6, 6.07) is 19.4. The molecule has 0 spiro atoms. The van der Waals surface area contributed by atoms with Gasteiger partial charge >= 0.3 is 0 Å². The monoisotopic (exact) mass is 400 g/mol. The van der Waals surface area contributed by atoms with Gasteiger partial charge in [-0.2, -0.15) is 0 Å². The van der Waals surface area contributed by atoms with Crippen LogP contribution in [0.3, 0.4) is 0 Å². The van der Waals surface area contributed by atoms with Crippen LogP contribution in [0.2, 0.25) is 0 Å². The van der Waals surface area contributed by atoms with E-state index < -0.39 is 0 Å². The Morgan fingerprint density at radius 2 is 1.90 bits per heavy atom. The van der Waals surface area contributed by atoms with Gasteiger partial charge in [0.1, 0.15) is 0 Å². The van der Waals surface area contributed by atoms with Crippen molar-refractivity contribution in [3.8, 4) is 0 Å². The standard InChI is InChI=1S/C26H28N2S/c1-20(18-28-14-5-6-15-28)19-29-21(2)26-17-22(12-13-27-26)16-24-10-7-9-23-8-3-4-11-25(23)24/h3-4,7-13,17,19H,2,5-6,14-16,18H2,1H3/b20-19+. The Hall–Kier alpha value is -2.36. The third kappa shape index (κ3) is 5.17. The molecule has 1 aliphatic rings. The van der Waals surface area contributed by atoms with Gasteiger partial charge in [-0.15, -0.1) is 0 Å². The van der Waals surface area contributed by atoms with Crippen LogP contribution >= 0.6 is 11.8 Å². The molecule has 0 unspecified atom stereocenters. The Bertz CT molecular complexity index is 1030. The third-order valence-corrected chi connectivity index (χ3v) is 6.47. The molecule has 2 heterocycles. The van der Waals surface area contributed by atoms with Crippen LogP contribution in [0, 0.1) is 0 Å². The molecule has 1 fully saturated rings. The van der Waals surface area contributed by atoms with Crippen molar-refractivity contribution in [1.82, 2.24) is 9.88 Å². The number of fused-ring (bicyclic) bond motifs is 1. The first kappa shape index (κ1) is 19.9. The smallest absolute Gasteiger partial charge is 0.0765 e. The van der Waals surface area contributed by atoms with Crippen molar-refractivity contribution < 1.29 is 0 Å². The first-order valence-corrected chi connectivity index (χ1v) is 11.2. The van der Waals surface area contributed by atoms with Gasteiger partial charge in [-0.3, -0.25) is 9.88 Å². The molecule has 2 aromatic carbocycles. The summed E-state index contributed by atoms with van der Waals surface area (Å²) in [7, 11) is 0. The summed E-state index contributed by atoms with van der Waals surface area (Å²) in [5, 5.41) is 4.85. The molecule has 1 aromatic heterocycles. The van der Waals surface area contributed by atoms with E-state index in [0.717, 1.165) is 23.6 Å². The zero-order chi connectivity index (χ0) is 20.1. The van der Waals surface area contributed by atoms with Gasteiger partial charge in [0.2, 0.25) is 0 Å². The maximum absolute atomic E-state index is 4.56. The molecule has 0 N–H and O–H groups in total. The lowest BCUT2D eigenvalue weighted by Crippen LogP contribution is -2.20. The molecule has 0 bridgehead atoms. The topological polar surface area (TPSA) is 16.1 Å². The summed E-state index contributed by atoms with van der Waals surface area (Å²) in [4.78, 5) is 8.10. The summed E-state index contributed by atoms with van der Waals surface area (Å²) in [6.45, 7) is 10.0. The fourth-order valence-electron chi connectivity index (χ4n) is 3.97. The van der Waals surface area contributed by atoms with E-state index in [0.29, 0.717) is 0 Å². The molecule has 0 aliphatic carbocycles. The van der Waals surface area contributed by atoms with E-state index >= 15 is 0 Å². The zero-order valence-electron chi connectivity index (χ0n) is 17.1. The minimum atomic E-state index is 0.901. The highest BCUT2D eigenvalue weighted by molar-refractivity contribution is 8.10. The Labute approximate surface area is 178 Å². The second-order valence-electron chi connectivity index (χ2n) is 7.85. The number of rotatable bonds is 7. The van der Waals surface area contributed by atoms with E-state index in [1.807, 2.05) is 6.20 Å². The molecule has 1 aliphatic heterocycles. The quantitative estimate of drug-likeness (QED) is 0.448. The third-order valence-electron chi connectivity index (χ3n) is 5.46. The summed E-state index contributed by atoms with van der Waals surface area (Å²) >= 11 is 1.69. The molecule has 4 rings (SSSR count). The highest BCUT2D eigenvalue weighted by atomic mass is 32.2. The van der Waals surface area contributed by atoms with Crippen LogP contribution in [0.15, 0.2) is 78.4 Å². The summed E-state index contributed by atoms with van der Waals surface area (Å²) < 4.78 is 0. The first-order chi connectivity index (χ1) is 14.2. The lowest BCUT2D eigenvalue weighted by atomic mass is 9.99. The first-order valence-electron chi connectivity index (χ1n) is 10.3. The second kappa shape index (κ2) is 9.43. The number of aromatic nitrogens is 1. The van der Waals surface area contributed by atoms with Crippen LogP contribution in [-0.4, -0.2) is 29.5 Å². The molecule has 0 atom stereocenters. The van der Waals surface area contributed by atoms with Gasteiger partial charge in [-0.25, -0.2) is 0 Å². The van der Waals surface area contributed by atoms with Crippen LogP contribution in [0.1, 0.15) is 36.6 Å². The van der Waals surface area contributed by atoms with Crippen molar-refractivity contribution in [2.45, 2.75) is 26.2 Å². The van der Waals surface area contributed by atoms with Crippen LogP contribution in [0.25, 0.3) is 15.7 Å². The van der Waals surface area contributed by atoms with Crippen LogP contribution < -0.4 is 0 Å². The van der Waals surface area contributed by atoms with Crippen molar-refractivity contribution in [3.05, 3.63) is 95.2 Å². The largest absolute Gasteiger partial charge is 0.299 e. The van der Waals surface area contributed by atoms with E-state index in [-0.39, 0.29) is 0 Å². The molecule has 148 valence electrons. The fraction of sp³-hybridized carbons (Fsp3) is 0.269. The number of benzene rings is 2. The Morgan fingerprint density at radius 1 is 1.10 bits per heavy atom. The lowest BCUT2D eigenvalue weighted by Gasteiger charge is -2.14. The Morgan fingerprint density at radius 3 is 2.76 bits per heavy atom.